The van der Waals surface area contributed by atoms with E-state index in [-0.39, 0.29) is 17.3 Å². The van der Waals surface area contributed by atoms with E-state index in [2.05, 4.69) is 27.0 Å². The number of imidazole rings is 1. The Labute approximate surface area is 193 Å². The fraction of sp³-hybridized carbons (Fsp3) is 0.333. The molecule has 1 unspecified atom stereocenters. The number of hydrogen-bond acceptors (Lipinski definition) is 4. The monoisotopic (exact) mass is 470 g/mol. The molecule has 1 aromatic heterocycles. The standard InChI is InChI=1S/C24H27FN4O3S/c25-21-8-10-22(11-9-21)33(31,32)29-15-4-7-20(18-29)24(30)27-13-12-23-26-14-16-28(23)17-19-5-2-1-3-6-19/h1-3,5-6,8-11,14,16,20H,4,7,12-13,15,17-18H2,(H,27,30). The van der Waals surface area contributed by atoms with Crippen molar-refractivity contribution in [2.45, 2.75) is 30.7 Å². The average molecular weight is 471 g/mol. The molecule has 1 fully saturated rings. The van der Waals surface area contributed by atoms with E-state index < -0.39 is 21.8 Å². The Hall–Kier alpha value is -3.04. The summed E-state index contributed by atoms with van der Waals surface area (Å²) in [4.78, 5) is 17.2. The molecule has 9 heteroatoms. The average Bonchev–Trinajstić information content (AvgIpc) is 3.27. The highest BCUT2D eigenvalue weighted by atomic mass is 32.2. The number of amides is 1. The van der Waals surface area contributed by atoms with Gasteiger partial charge in [-0.25, -0.2) is 17.8 Å². The van der Waals surface area contributed by atoms with Crippen molar-refractivity contribution in [2.75, 3.05) is 19.6 Å². The van der Waals surface area contributed by atoms with Crippen LogP contribution < -0.4 is 5.32 Å². The molecule has 0 bridgehead atoms. The van der Waals surface area contributed by atoms with E-state index in [4.69, 9.17) is 0 Å². The first kappa shape index (κ1) is 23.1. The lowest BCUT2D eigenvalue weighted by Gasteiger charge is -2.31. The fourth-order valence-electron chi connectivity index (χ4n) is 4.06. The van der Waals surface area contributed by atoms with E-state index in [1.165, 1.54) is 22.0 Å². The van der Waals surface area contributed by atoms with Gasteiger partial charge in [-0.1, -0.05) is 30.3 Å². The van der Waals surface area contributed by atoms with E-state index in [1.54, 1.807) is 6.20 Å². The van der Waals surface area contributed by atoms with Gasteiger partial charge >= 0.3 is 0 Å². The Balaban J connectivity index is 1.31. The van der Waals surface area contributed by atoms with Crippen molar-refractivity contribution in [3.8, 4) is 0 Å². The summed E-state index contributed by atoms with van der Waals surface area (Å²) in [7, 11) is -3.76. The van der Waals surface area contributed by atoms with Crippen molar-refractivity contribution in [3.63, 3.8) is 0 Å². The SMILES string of the molecule is O=C(NCCc1nccn1Cc1ccccc1)C1CCCN(S(=O)(=O)c2ccc(F)cc2)C1. The summed E-state index contributed by atoms with van der Waals surface area (Å²) in [6.07, 6.45) is 5.47. The van der Waals surface area contributed by atoms with Crippen LogP contribution in [0.15, 0.2) is 71.9 Å². The number of hydrogen-bond donors (Lipinski definition) is 1. The van der Waals surface area contributed by atoms with Crippen molar-refractivity contribution < 1.29 is 17.6 Å². The zero-order chi connectivity index (χ0) is 23.3. The van der Waals surface area contributed by atoms with Crippen LogP contribution in [-0.4, -0.2) is 47.8 Å². The molecule has 2 aromatic carbocycles. The molecule has 1 saturated heterocycles. The predicted molar refractivity (Wildman–Crippen MR) is 122 cm³/mol. The predicted octanol–water partition coefficient (Wildman–Crippen LogP) is 2.83. The second-order valence-corrected chi connectivity index (χ2v) is 10.1. The van der Waals surface area contributed by atoms with Crippen molar-refractivity contribution in [2.24, 2.45) is 5.92 Å². The molecular formula is C24H27FN4O3S. The Kier molecular flexibility index (Phi) is 7.20. The highest BCUT2D eigenvalue weighted by molar-refractivity contribution is 7.89. The van der Waals surface area contributed by atoms with Crippen LogP contribution in [0.25, 0.3) is 0 Å². The number of carbonyl (C=O) groups excluding carboxylic acids is 1. The van der Waals surface area contributed by atoms with Crippen molar-refractivity contribution in [1.29, 1.82) is 0 Å². The van der Waals surface area contributed by atoms with E-state index in [0.29, 0.717) is 38.9 Å². The summed E-state index contributed by atoms with van der Waals surface area (Å²) in [6.45, 7) is 1.60. The van der Waals surface area contributed by atoms with Gasteiger partial charge < -0.3 is 9.88 Å². The van der Waals surface area contributed by atoms with Crippen LogP contribution in [-0.2, 0) is 27.8 Å². The van der Waals surface area contributed by atoms with Crippen LogP contribution in [0.1, 0.15) is 24.2 Å². The summed E-state index contributed by atoms with van der Waals surface area (Å²) in [6, 6.07) is 14.8. The van der Waals surface area contributed by atoms with Gasteiger partial charge in [0.05, 0.1) is 10.8 Å². The van der Waals surface area contributed by atoms with Gasteiger partial charge in [0, 0.05) is 45.0 Å². The molecule has 1 N–H and O–H groups in total. The van der Waals surface area contributed by atoms with Gasteiger partial charge in [-0.15, -0.1) is 0 Å². The summed E-state index contributed by atoms with van der Waals surface area (Å²) in [5, 5.41) is 2.94. The molecule has 0 radical (unpaired) electrons. The molecule has 0 aliphatic carbocycles. The molecule has 1 aliphatic rings. The van der Waals surface area contributed by atoms with Crippen molar-refractivity contribution in [1.82, 2.24) is 19.2 Å². The third-order valence-corrected chi connectivity index (χ3v) is 7.73. The number of aromatic nitrogens is 2. The maximum absolute atomic E-state index is 13.2. The Morgan fingerprint density at radius 3 is 2.64 bits per heavy atom. The summed E-state index contributed by atoms with van der Waals surface area (Å²) in [5.74, 6) is -0.189. The molecule has 1 atom stereocenters. The van der Waals surface area contributed by atoms with Crippen LogP contribution in [0, 0.1) is 11.7 Å². The van der Waals surface area contributed by atoms with Gasteiger partial charge in [-0.2, -0.15) is 4.31 Å². The van der Waals surface area contributed by atoms with Crippen molar-refractivity contribution in [3.05, 3.63) is 84.2 Å². The fourth-order valence-corrected chi connectivity index (χ4v) is 5.59. The molecule has 1 aliphatic heterocycles. The number of nitrogens with one attached hydrogen (secondary N) is 1. The lowest BCUT2D eigenvalue weighted by atomic mass is 9.99. The molecule has 3 aromatic rings. The van der Waals surface area contributed by atoms with E-state index in [1.807, 2.05) is 24.4 Å². The number of nitrogens with zero attached hydrogens (tertiary/aromatic N) is 3. The van der Waals surface area contributed by atoms with Crippen LogP contribution in [0.4, 0.5) is 4.39 Å². The summed E-state index contributed by atoms with van der Waals surface area (Å²) >= 11 is 0. The van der Waals surface area contributed by atoms with Gasteiger partial charge in [0.2, 0.25) is 15.9 Å². The number of piperidine rings is 1. The highest BCUT2D eigenvalue weighted by Gasteiger charge is 2.33. The number of benzene rings is 2. The lowest BCUT2D eigenvalue weighted by molar-refractivity contribution is -0.126. The molecule has 2 heterocycles. The largest absolute Gasteiger partial charge is 0.355 e. The first-order valence-corrected chi connectivity index (χ1v) is 12.4. The maximum atomic E-state index is 13.2. The smallest absolute Gasteiger partial charge is 0.243 e. The zero-order valence-corrected chi connectivity index (χ0v) is 19.0. The minimum Gasteiger partial charge on any atom is -0.355 e. The molecule has 1 amide bonds. The number of rotatable bonds is 8. The molecule has 0 saturated carbocycles. The van der Waals surface area contributed by atoms with Crippen LogP contribution in [0.5, 0.6) is 0 Å². The third-order valence-electron chi connectivity index (χ3n) is 5.85. The quantitative estimate of drug-likeness (QED) is 0.549. The maximum Gasteiger partial charge on any atom is 0.243 e. The Morgan fingerprint density at radius 2 is 1.88 bits per heavy atom. The van der Waals surface area contributed by atoms with Gasteiger partial charge in [-0.05, 0) is 42.7 Å². The topological polar surface area (TPSA) is 84.3 Å². The van der Waals surface area contributed by atoms with E-state index in [0.717, 1.165) is 18.0 Å². The van der Waals surface area contributed by atoms with Gasteiger partial charge in [0.15, 0.2) is 0 Å². The first-order valence-electron chi connectivity index (χ1n) is 11.0. The minimum absolute atomic E-state index is 0.0372. The normalized spacial score (nSPS) is 17.1. The van der Waals surface area contributed by atoms with Crippen LogP contribution in [0.2, 0.25) is 0 Å². The number of halogens is 1. The Morgan fingerprint density at radius 1 is 1.12 bits per heavy atom. The van der Waals surface area contributed by atoms with Crippen LogP contribution >= 0.6 is 0 Å². The second-order valence-electron chi connectivity index (χ2n) is 8.15. The molecule has 4 rings (SSSR count). The van der Waals surface area contributed by atoms with Crippen molar-refractivity contribution >= 4 is 15.9 Å². The molecule has 7 nitrogen and oxygen atoms in total. The van der Waals surface area contributed by atoms with Crippen LogP contribution in [0.3, 0.4) is 0 Å². The van der Waals surface area contributed by atoms with Gasteiger partial charge in [0.1, 0.15) is 11.6 Å². The first-order chi connectivity index (χ1) is 15.9. The summed E-state index contributed by atoms with van der Waals surface area (Å²) in [5.41, 5.74) is 1.17. The Bertz CT molecular complexity index is 1180. The summed E-state index contributed by atoms with van der Waals surface area (Å²) < 4.78 is 42.3. The third kappa shape index (κ3) is 5.66. The zero-order valence-electron chi connectivity index (χ0n) is 18.2. The molecular weight excluding hydrogens is 443 g/mol. The number of sulfonamides is 1. The van der Waals surface area contributed by atoms with Gasteiger partial charge in [0.25, 0.3) is 0 Å². The van der Waals surface area contributed by atoms with Gasteiger partial charge in [-0.3, -0.25) is 4.79 Å². The van der Waals surface area contributed by atoms with E-state index >= 15 is 0 Å². The molecule has 174 valence electrons. The number of carbonyl (C=O) groups is 1. The lowest BCUT2D eigenvalue weighted by Crippen LogP contribution is -2.45. The second kappa shape index (κ2) is 10.3. The molecule has 0 spiro atoms. The highest BCUT2D eigenvalue weighted by Crippen LogP contribution is 2.24. The minimum atomic E-state index is -3.76. The van der Waals surface area contributed by atoms with E-state index in [9.17, 15) is 17.6 Å². The molecule has 33 heavy (non-hydrogen) atoms.